The van der Waals surface area contributed by atoms with E-state index in [1.54, 1.807) is 12.3 Å². The molecule has 0 fully saturated rings. The molecule has 0 unspecified atom stereocenters. The Morgan fingerprint density at radius 1 is 1.19 bits per heavy atom. The Bertz CT molecular complexity index is 688. The number of sulfonamides is 1. The van der Waals surface area contributed by atoms with Gasteiger partial charge in [0.1, 0.15) is 11.5 Å². The van der Waals surface area contributed by atoms with Gasteiger partial charge in [-0.25, -0.2) is 17.7 Å². The quantitative estimate of drug-likeness (QED) is 0.830. The predicted molar refractivity (Wildman–Crippen MR) is 76.0 cm³/mol. The number of hydrogen-bond donors (Lipinski definition) is 1. The molecule has 116 valence electrons. The standard InChI is InChI=1S/C13H19N3O4S/c1-4-10-8-15-12(19-10)9-14-7-11-5-6-13(20-11)21(17,18)16(2)3/h5-6,8,14H,4,7,9H2,1-3H3. The van der Waals surface area contributed by atoms with Gasteiger partial charge < -0.3 is 14.2 Å². The van der Waals surface area contributed by atoms with Crippen LogP contribution in [0.25, 0.3) is 0 Å². The second-order valence-corrected chi connectivity index (χ2v) is 6.77. The molecule has 0 amide bonds. The highest BCUT2D eigenvalue weighted by atomic mass is 32.2. The van der Waals surface area contributed by atoms with Crippen LogP contribution in [-0.4, -0.2) is 31.8 Å². The minimum absolute atomic E-state index is 0.0614. The largest absolute Gasteiger partial charge is 0.447 e. The highest BCUT2D eigenvalue weighted by Gasteiger charge is 2.21. The van der Waals surface area contributed by atoms with Crippen molar-refractivity contribution in [2.45, 2.75) is 31.5 Å². The van der Waals surface area contributed by atoms with Crippen LogP contribution in [0.1, 0.15) is 24.3 Å². The lowest BCUT2D eigenvalue weighted by Gasteiger charge is -2.07. The molecule has 0 spiro atoms. The molecule has 8 heteroatoms. The average Bonchev–Trinajstić information content (AvgIpc) is 3.07. The maximum Gasteiger partial charge on any atom is 0.275 e. The molecule has 7 nitrogen and oxygen atoms in total. The summed E-state index contributed by atoms with van der Waals surface area (Å²) in [5.41, 5.74) is 0. The smallest absolute Gasteiger partial charge is 0.275 e. The molecule has 0 aliphatic carbocycles. The Balaban J connectivity index is 1.91. The van der Waals surface area contributed by atoms with E-state index in [1.165, 1.54) is 20.2 Å². The summed E-state index contributed by atoms with van der Waals surface area (Å²) in [4.78, 5) is 4.12. The minimum Gasteiger partial charge on any atom is -0.447 e. The van der Waals surface area contributed by atoms with Crippen molar-refractivity contribution in [1.82, 2.24) is 14.6 Å². The van der Waals surface area contributed by atoms with E-state index in [-0.39, 0.29) is 5.09 Å². The number of aryl methyl sites for hydroxylation is 1. The van der Waals surface area contributed by atoms with Crippen molar-refractivity contribution in [1.29, 1.82) is 0 Å². The fourth-order valence-electron chi connectivity index (χ4n) is 1.66. The summed E-state index contributed by atoms with van der Waals surface area (Å²) < 4.78 is 35.6. The molecule has 1 N–H and O–H groups in total. The molecule has 0 aliphatic heterocycles. The average molecular weight is 313 g/mol. The van der Waals surface area contributed by atoms with Crippen molar-refractivity contribution in [3.05, 3.63) is 35.7 Å². The van der Waals surface area contributed by atoms with Crippen LogP contribution in [0.2, 0.25) is 0 Å². The van der Waals surface area contributed by atoms with Gasteiger partial charge in [-0.1, -0.05) is 6.92 Å². The van der Waals surface area contributed by atoms with Crippen molar-refractivity contribution < 1.29 is 17.3 Å². The molecule has 0 radical (unpaired) electrons. The number of nitrogens with one attached hydrogen (secondary N) is 1. The number of nitrogens with zero attached hydrogens (tertiary/aromatic N) is 2. The molecule has 0 atom stereocenters. The fourth-order valence-corrected chi connectivity index (χ4v) is 2.47. The molecular weight excluding hydrogens is 294 g/mol. The van der Waals surface area contributed by atoms with E-state index in [0.29, 0.717) is 24.7 Å². The van der Waals surface area contributed by atoms with Gasteiger partial charge in [-0.15, -0.1) is 0 Å². The zero-order chi connectivity index (χ0) is 15.5. The van der Waals surface area contributed by atoms with E-state index in [0.717, 1.165) is 16.5 Å². The van der Waals surface area contributed by atoms with Crippen LogP contribution in [0.4, 0.5) is 0 Å². The van der Waals surface area contributed by atoms with Crippen molar-refractivity contribution in [2.75, 3.05) is 14.1 Å². The number of furan rings is 1. The van der Waals surface area contributed by atoms with Gasteiger partial charge in [0.05, 0.1) is 19.3 Å². The number of hydrogen-bond acceptors (Lipinski definition) is 6. The predicted octanol–water partition coefficient (Wildman–Crippen LogP) is 1.37. The summed E-state index contributed by atoms with van der Waals surface area (Å²) in [6.07, 6.45) is 2.50. The Kier molecular flexibility index (Phi) is 4.81. The highest BCUT2D eigenvalue weighted by molar-refractivity contribution is 7.88. The van der Waals surface area contributed by atoms with Crippen LogP contribution in [0.3, 0.4) is 0 Å². The van der Waals surface area contributed by atoms with Crippen LogP contribution in [0.5, 0.6) is 0 Å². The zero-order valence-electron chi connectivity index (χ0n) is 12.3. The first-order chi connectivity index (χ1) is 9.93. The van der Waals surface area contributed by atoms with Gasteiger partial charge in [-0.3, -0.25) is 0 Å². The Morgan fingerprint density at radius 2 is 1.95 bits per heavy atom. The Hall–Kier alpha value is -1.64. The van der Waals surface area contributed by atoms with Gasteiger partial charge in [-0.05, 0) is 12.1 Å². The Morgan fingerprint density at radius 3 is 2.57 bits per heavy atom. The van der Waals surface area contributed by atoms with E-state index >= 15 is 0 Å². The Labute approximate surface area is 124 Å². The molecule has 2 rings (SSSR count). The van der Waals surface area contributed by atoms with Crippen molar-refractivity contribution in [3.8, 4) is 0 Å². The topological polar surface area (TPSA) is 88.6 Å². The first-order valence-electron chi connectivity index (χ1n) is 6.59. The second-order valence-electron chi connectivity index (χ2n) is 4.69. The molecule has 0 aliphatic rings. The van der Waals surface area contributed by atoms with Gasteiger partial charge in [0.25, 0.3) is 10.0 Å². The number of aromatic nitrogens is 1. The lowest BCUT2D eigenvalue weighted by molar-refractivity contribution is 0.380. The number of rotatable bonds is 7. The summed E-state index contributed by atoms with van der Waals surface area (Å²) in [6, 6.07) is 3.09. The minimum atomic E-state index is -3.53. The molecule has 21 heavy (non-hydrogen) atoms. The van der Waals surface area contributed by atoms with Crippen LogP contribution < -0.4 is 5.32 Å². The third-order valence-electron chi connectivity index (χ3n) is 2.90. The van der Waals surface area contributed by atoms with Crippen molar-refractivity contribution >= 4 is 10.0 Å². The third-order valence-corrected chi connectivity index (χ3v) is 4.59. The van der Waals surface area contributed by atoms with E-state index in [2.05, 4.69) is 10.3 Å². The lowest BCUT2D eigenvalue weighted by atomic mass is 10.4. The molecule has 2 aromatic rings. The number of oxazole rings is 1. The summed E-state index contributed by atoms with van der Waals surface area (Å²) in [5.74, 6) is 1.97. The normalized spacial score (nSPS) is 12.2. The SMILES string of the molecule is CCc1cnc(CNCc2ccc(S(=O)(=O)N(C)C)o2)o1. The van der Waals surface area contributed by atoms with Gasteiger partial charge in [0.2, 0.25) is 11.0 Å². The van der Waals surface area contributed by atoms with E-state index in [1.807, 2.05) is 6.92 Å². The summed E-state index contributed by atoms with van der Waals surface area (Å²) >= 11 is 0. The molecule has 0 aromatic carbocycles. The lowest BCUT2D eigenvalue weighted by Crippen LogP contribution is -2.21. The molecular formula is C13H19N3O4S. The van der Waals surface area contributed by atoms with Gasteiger partial charge in [0.15, 0.2) is 0 Å². The first-order valence-corrected chi connectivity index (χ1v) is 8.03. The van der Waals surface area contributed by atoms with Crippen molar-refractivity contribution in [2.24, 2.45) is 0 Å². The maximum atomic E-state index is 11.9. The second kappa shape index (κ2) is 6.42. The fraction of sp³-hybridized carbons (Fsp3) is 0.462. The molecule has 0 saturated heterocycles. The van der Waals surface area contributed by atoms with Crippen LogP contribution in [0.15, 0.2) is 32.3 Å². The summed E-state index contributed by atoms with van der Waals surface area (Å²) in [5, 5.41) is 3.03. The molecule has 2 aromatic heterocycles. The van der Waals surface area contributed by atoms with E-state index in [4.69, 9.17) is 8.83 Å². The van der Waals surface area contributed by atoms with Crippen LogP contribution in [0, 0.1) is 0 Å². The third kappa shape index (κ3) is 3.72. The van der Waals surface area contributed by atoms with Gasteiger partial charge in [-0.2, -0.15) is 0 Å². The highest BCUT2D eigenvalue weighted by Crippen LogP contribution is 2.16. The monoisotopic (exact) mass is 313 g/mol. The molecule has 0 bridgehead atoms. The van der Waals surface area contributed by atoms with Crippen LogP contribution in [-0.2, 0) is 29.5 Å². The van der Waals surface area contributed by atoms with Gasteiger partial charge in [0, 0.05) is 20.5 Å². The van der Waals surface area contributed by atoms with E-state index < -0.39 is 10.0 Å². The molecule has 2 heterocycles. The van der Waals surface area contributed by atoms with E-state index in [9.17, 15) is 8.42 Å². The maximum absolute atomic E-state index is 11.9. The van der Waals surface area contributed by atoms with Crippen LogP contribution >= 0.6 is 0 Å². The van der Waals surface area contributed by atoms with Crippen molar-refractivity contribution in [3.63, 3.8) is 0 Å². The summed E-state index contributed by atoms with van der Waals surface area (Å²) in [7, 11) is -0.601. The zero-order valence-corrected chi connectivity index (χ0v) is 13.1. The van der Waals surface area contributed by atoms with Gasteiger partial charge >= 0.3 is 0 Å². The first kappa shape index (κ1) is 15.7. The summed E-state index contributed by atoms with van der Waals surface area (Å²) in [6.45, 7) is 2.84. The molecule has 0 saturated carbocycles.